The third-order valence-electron chi connectivity index (χ3n) is 2.17. The van der Waals surface area contributed by atoms with Crippen LogP contribution < -0.4 is 10.6 Å². The van der Waals surface area contributed by atoms with Gasteiger partial charge >= 0.3 is 0 Å². The largest absolute Gasteiger partial charge is 0.393 e. The number of hydrogen-bond donors (Lipinski definition) is 3. The van der Waals surface area contributed by atoms with Gasteiger partial charge in [-0.2, -0.15) is 0 Å². The van der Waals surface area contributed by atoms with E-state index >= 15 is 0 Å². The number of carbonyl (C=O) groups excluding carboxylic acids is 1. The van der Waals surface area contributed by atoms with Gasteiger partial charge < -0.3 is 15.7 Å². The summed E-state index contributed by atoms with van der Waals surface area (Å²) in [5.41, 5.74) is 0.176. The van der Waals surface area contributed by atoms with Gasteiger partial charge in [0, 0.05) is 0 Å². The number of halogens is 1. The van der Waals surface area contributed by atoms with Gasteiger partial charge in [-0.15, -0.1) is 0 Å². The van der Waals surface area contributed by atoms with E-state index in [1.807, 2.05) is 0 Å². The molecule has 0 bridgehead atoms. The maximum absolute atomic E-state index is 13.2. The quantitative estimate of drug-likeness (QED) is 0.653. The molecule has 1 aromatic rings. The van der Waals surface area contributed by atoms with Crippen LogP contribution in [0.2, 0.25) is 0 Å². The molecule has 94 valence electrons. The van der Waals surface area contributed by atoms with Crippen LogP contribution in [0, 0.1) is 5.82 Å². The molecular formula is C12H17FN2O2. The lowest BCUT2D eigenvalue weighted by Crippen LogP contribution is -2.30. The molecule has 0 aliphatic carbocycles. The Morgan fingerprint density at radius 3 is 2.82 bits per heavy atom. The summed E-state index contributed by atoms with van der Waals surface area (Å²) in [6.07, 6.45) is 0.185. The molecule has 0 spiro atoms. The average molecular weight is 240 g/mol. The van der Waals surface area contributed by atoms with Gasteiger partial charge in [-0.1, -0.05) is 12.1 Å². The molecule has 17 heavy (non-hydrogen) atoms. The lowest BCUT2D eigenvalue weighted by Gasteiger charge is -2.08. The third-order valence-corrected chi connectivity index (χ3v) is 2.17. The Balaban J connectivity index is 2.28. The molecule has 3 N–H and O–H groups in total. The minimum atomic E-state index is -0.454. The summed E-state index contributed by atoms with van der Waals surface area (Å²) < 4.78 is 13.2. The lowest BCUT2D eigenvalue weighted by atomic mass is 10.3. The van der Waals surface area contributed by atoms with E-state index in [1.54, 1.807) is 19.1 Å². The van der Waals surface area contributed by atoms with Crippen LogP contribution in [-0.2, 0) is 4.79 Å². The van der Waals surface area contributed by atoms with Crippen molar-refractivity contribution in [3.8, 4) is 0 Å². The van der Waals surface area contributed by atoms with Crippen molar-refractivity contribution in [3.63, 3.8) is 0 Å². The van der Waals surface area contributed by atoms with E-state index in [-0.39, 0.29) is 18.1 Å². The summed E-state index contributed by atoms with van der Waals surface area (Å²) in [4.78, 5) is 11.4. The fourth-order valence-electron chi connectivity index (χ4n) is 1.27. The molecule has 4 nitrogen and oxygen atoms in total. The summed E-state index contributed by atoms with van der Waals surface area (Å²) in [6, 6.07) is 6.00. The first-order valence-electron chi connectivity index (χ1n) is 5.52. The number of amides is 1. The highest BCUT2D eigenvalue weighted by Gasteiger charge is 2.05. The predicted molar refractivity (Wildman–Crippen MR) is 64.2 cm³/mol. The average Bonchev–Trinajstić information content (AvgIpc) is 2.27. The normalized spacial score (nSPS) is 12.2. The maximum atomic E-state index is 13.2. The molecule has 1 unspecified atom stereocenters. The highest BCUT2D eigenvalue weighted by Crippen LogP contribution is 2.11. The predicted octanol–water partition coefficient (Wildman–Crippen LogP) is 1.12. The van der Waals surface area contributed by atoms with Gasteiger partial charge in [0.2, 0.25) is 5.91 Å². The molecule has 1 amide bonds. The van der Waals surface area contributed by atoms with Crippen LogP contribution in [0.4, 0.5) is 10.1 Å². The lowest BCUT2D eigenvalue weighted by molar-refractivity contribution is -0.115. The van der Waals surface area contributed by atoms with Crippen molar-refractivity contribution in [2.45, 2.75) is 19.4 Å². The number of carbonyl (C=O) groups is 1. The third kappa shape index (κ3) is 5.42. The van der Waals surface area contributed by atoms with Crippen molar-refractivity contribution in [3.05, 3.63) is 30.1 Å². The van der Waals surface area contributed by atoms with Crippen molar-refractivity contribution in [1.29, 1.82) is 0 Å². The molecular weight excluding hydrogens is 223 g/mol. The molecule has 0 heterocycles. The summed E-state index contributed by atoms with van der Waals surface area (Å²) in [5.74, 6) is -0.759. The number of nitrogens with one attached hydrogen (secondary N) is 2. The maximum Gasteiger partial charge on any atom is 0.238 e. The second-order valence-electron chi connectivity index (χ2n) is 3.84. The van der Waals surface area contributed by atoms with Crippen molar-refractivity contribution in [2.75, 3.05) is 18.4 Å². The van der Waals surface area contributed by atoms with Crippen LogP contribution in [0.15, 0.2) is 24.3 Å². The van der Waals surface area contributed by atoms with E-state index in [9.17, 15) is 9.18 Å². The Morgan fingerprint density at radius 2 is 2.18 bits per heavy atom. The number of aliphatic hydroxyl groups is 1. The smallest absolute Gasteiger partial charge is 0.238 e. The summed E-state index contributed by atoms with van der Waals surface area (Å²) in [6.45, 7) is 2.32. The van der Waals surface area contributed by atoms with E-state index in [1.165, 1.54) is 12.1 Å². The Kier molecular flexibility index (Phi) is 5.59. The number of aliphatic hydroxyl groups excluding tert-OH is 1. The van der Waals surface area contributed by atoms with Gasteiger partial charge in [0.25, 0.3) is 0 Å². The van der Waals surface area contributed by atoms with Crippen LogP contribution in [0.1, 0.15) is 13.3 Å². The zero-order chi connectivity index (χ0) is 12.7. The minimum Gasteiger partial charge on any atom is -0.393 e. The van der Waals surface area contributed by atoms with Crippen LogP contribution in [-0.4, -0.2) is 30.2 Å². The molecule has 0 saturated carbocycles. The molecule has 0 aliphatic heterocycles. The first-order valence-corrected chi connectivity index (χ1v) is 5.52. The highest BCUT2D eigenvalue weighted by atomic mass is 19.1. The zero-order valence-corrected chi connectivity index (χ0v) is 9.74. The first-order chi connectivity index (χ1) is 8.09. The molecule has 0 aliphatic rings. The Hall–Kier alpha value is -1.46. The molecule has 1 rings (SSSR count). The zero-order valence-electron chi connectivity index (χ0n) is 9.74. The molecule has 5 heteroatoms. The van der Waals surface area contributed by atoms with Gasteiger partial charge in [0.05, 0.1) is 18.3 Å². The number of para-hydroxylation sites is 1. The minimum absolute atomic E-state index is 0.0983. The number of rotatable bonds is 6. The Morgan fingerprint density at radius 1 is 1.47 bits per heavy atom. The van der Waals surface area contributed by atoms with Gasteiger partial charge in [-0.3, -0.25) is 4.79 Å². The van der Waals surface area contributed by atoms with Gasteiger partial charge in [-0.05, 0) is 32.0 Å². The van der Waals surface area contributed by atoms with Gasteiger partial charge in [0.15, 0.2) is 0 Å². The van der Waals surface area contributed by atoms with Crippen molar-refractivity contribution in [1.82, 2.24) is 5.32 Å². The standard InChI is InChI=1S/C12H17FN2O2/c1-9(16)6-7-14-8-12(17)15-11-5-3-2-4-10(11)13/h2-5,9,14,16H,6-8H2,1H3,(H,15,17). The van der Waals surface area contributed by atoms with Crippen molar-refractivity contribution < 1.29 is 14.3 Å². The summed E-state index contributed by atoms with van der Waals surface area (Å²) in [5, 5.41) is 14.3. The monoisotopic (exact) mass is 240 g/mol. The van der Waals surface area contributed by atoms with Crippen LogP contribution in [0.5, 0.6) is 0 Å². The number of benzene rings is 1. The van der Waals surface area contributed by atoms with Crippen LogP contribution in [0.25, 0.3) is 0 Å². The van der Waals surface area contributed by atoms with E-state index < -0.39 is 11.9 Å². The van der Waals surface area contributed by atoms with Gasteiger partial charge in [0.1, 0.15) is 5.82 Å². The molecule has 0 aromatic heterocycles. The van der Waals surface area contributed by atoms with E-state index in [0.29, 0.717) is 13.0 Å². The number of hydrogen-bond acceptors (Lipinski definition) is 3. The fourth-order valence-corrected chi connectivity index (χ4v) is 1.27. The van der Waals surface area contributed by atoms with Gasteiger partial charge in [-0.25, -0.2) is 4.39 Å². The second-order valence-corrected chi connectivity index (χ2v) is 3.84. The molecule has 1 atom stereocenters. The van der Waals surface area contributed by atoms with E-state index in [0.717, 1.165) is 0 Å². The van der Waals surface area contributed by atoms with Crippen LogP contribution in [0.3, 0.4) is 0 Å². The molecule has 0 saturated heterocycles. The number of anilines is 1. The highest BCUT2D eigenvalue weighted by molar-refractivity contribution is 5.92. The molecule has 0 fully saturated rings. The SMILES string of the molecule is CC(O)CCNCC(=O)Nc1ccccc1F. The van der Waals surface area contributed by atoms with Crippen LogP contribution >= 0.6 is 0 Å². The fraction of sp³-hybridized carbons (Fsp3) is 0.417. The molecule has 1 aromatic carbocycles. The van der Waals surface area contributed by atoms with Crippen molar-refractivity contribution in [2.24, 2.45) is 0 Å². The summed E-state index contributed by atoms with van der Waals surface area (Å²) in [7, 11) is 0. The topological polar surface area (TPSA) is 61.4 Å². The van der Waals surface area contributed by atoms with Crippen molar-refractivity contribution >= 4 is 11.6 Å². The van der Waals surface area contributed by atoms with E-state index in [2.05, 4.69) is 10.6 Å². The second kappa shape index (κ2) is 6.98. The molecule has 0 radical (unpaired) electrons. The summed E-state index contributed by atoms with van der Waals surface area (Å²) >= 11 is 0. The first kappa shape index (κ1) is 13.6. The Labute approximate surface area is 99.8 Å². The van der Waals surface area contributed by atoms with E-state index in [4.69, 9.17) is 5.11 Å². The Bertz CT molecular complexity index is 369.